The van der Waals surface area contributed by atoms with Crippen LogP contribution in [-0.2, 0) is 10.8 Å². The first-order valence-corrected chi connectivity index (χ1v) is 14.3. The molecular weight excluding hydrogens is 484 g/mol. The number of fused-ring (bicyclic) bond motifs is 10. The van der Waals surface area contributed by atoms with Crippen molar-refractivity contribution in [1.29, 1.82) is 0 Å². The van der Waals surface area contributed by atoms with E-state index >= 15 is 0 Å². The highest BCUT2D eigenvalue weighted by Crippen LogP contribution is 2.61. The highest BCUT2D eigenvalue weighted by atomic mass is 15.2. The van der Waals surface area contributed by atoms with Gasteiger partial charge >= 0.3 is 0 Å². The number of anilines is 3. The van der Waals surface area contributed by atoms with Crippen LogP contribution in [0.1, 0.15) is 49.9 Å². The lowest BCUT2D eigenvalue weighted by Gasteiger charge is -2.41. The Morgan fingerprint density at radius 3 is 1.98 bits per heavy atom. The first-order chi connectivity index (χ1) is 19.4. The molecule has 2 nitrogen and oxygen atoms in total. The summed E-state index contributed by atoms with van der Waals surface area (Å²) in [6.45, 7) is 9.55. The third-order valence-electron chi connectivity index (χ3n) is 9.88. The van der Waals surface area contributed by atoms with Gasteiger partial charge in [0.1, 0.15) is 0 Å². The molecule has 3 aromatic heterocycles. The highest BCUT2D eigenvalue weighted by molar-refractivity contribution is 6.18. The van der Waals surface area contributed by atoms with Gasteiger partial charge in [0.15, 0.2) is 0 Å². The van der Waals surface area contributed by atoms with Crippen molar-refractivity contribution in [2.45, 2.75) is 38.5 Å². The van der Waals surface area contributed by atoms with E-state index in [4.69, 9.17) is 0 Å². The zero-order valence-corrected chi connectivity index (χ0v) is 23.3. The number of hydrogen-bond donors (Lipinski definition) is 0. The molecule has 0 unspecified atom stereocenters. The van der Waals surface area contributed by atoms with Crippen LogP contribution < -0.4 is 4.90 Å². The van der Waals surface area contributed by atoms with Crippen molar-refractivity contribution in [3.05, 3.63) is 131 Å². The lowest BCUT2D eigenvalue weighted by Crippen LogP contribution is -2.30. The molecule has 7 aromatic rings. The smallest absolute Gasteiger partial charge is 0.0786 e. The fourth-order valence-corrected chi connectivity index (χ4v) is 8.12. The van der Waals surface area contributed by atoms with Gasteiger partial charge in [0.25, 0.3) is 0 Å². The monoisotopic (exact) mass is 514 g/mol. The summed E-state index contributed by atoms with van der Waals surface area (Å²) >= 11 is 0. The molecule has 40 heavy (non-hydrogen) atoms. The molecule has 4 heterocycles. The fraction of sp³-hybridized carbons (Fsp3) is 0.158. The van der Waals surface area contributed by atoms with Crippen LogP contribution in [0.3, 0.4) is 0 Å². The van der Waals surface area contributed by atoms with Crippen molar-refractivity contribution in [1.82, 2.24) is 4.40 Å². The first kappa shape index (κ1) is 22.3. The molecule has 2 heteroatoms. The molecule has 0 N–H and O–H groups in total. The van der Waals surface area contributed by atoms with E-state index in [2.05, 4.69) is 146 Å². The Hall–Kier alpha value is -4.56. The quantitative estimate of drug-likeness (QED) is 0.211. The summed E-state index contributed by atoms with van der Waals surface area (Å²) < 4.78 is 2.52. The van der Waals surface area contributed by atoms with Crippen LogP contribution in [0, 0.1) is 0 Å². The Labute approximate surface area is 234 Å². The van der Waals surface area contributed by atoms with Crippen molar-refractivity contribution >= 4 is 44.4 Å². The van der Waals surface area contributed by atoms with Crippen LogP contribution in [0.25, 0.3) is 38.4 Å². The van der Waals surface area contributed by atoms with E-state index in [1.165, 1.54) is 77.8 Å². The van der Waals surface area contributed by atoms with Crippen LogP contribution >= 0.6 is 0 Å². The Kier molecular flexibility index (Phi) is 3.98. The van der Waals surface area contributed by atoms with Crippen LogP contribution in [-0.4, -0.2) is 4.40 Å². The number of hydrogen-bond acceptors (Lipinski definition) is 1. The van der Waals surface area contributed by atoms with Gasteiger partial charge in [0, 0.05) is 32.7 Å². The van der Waals surface area contributed by atoms with Gasteiger partial charge in [-0.05, 0) is 46.5 Å². The molecular formula is C38H30N2. The summed E-state index contributed by atoms with van der Waals surface area (Å²) in [5.41, 5.74) is 15.8. The molecule has 9 rings (SSSR count). The second kappa shape index (κ2) is 7.14. The number of rotatable bonds is 1. The number of nitrogens with zero attached hydrogens (tertiary/aromatic N) is 2. The van der Waals surface area contributed by atoms with Crippen molar-refractivity contribution < 1.29 is 0 Å². The molecule has 1 aliphatic carbocycles. The Balaban J connectivity index is 1.50. The normalized spacial score (nSPS) is 16.4. The Bertz CT molecular complexity index is 2170. The van der Waals surface area contributed by atoms with Crippen molar-refractivity contribution in [2.75, 3.05) is 4.90 Å². The standard InChI is InChI=1S/C38H30N2/c1-37(2)26-16-8-7-15-25(26)33-28(37)18-11-21-31(33)40-30-19-10-9-17-27(30)38(3,4)34-32-22-12-20-29-23-13-5-6-14-24(23)35(36(34)40)39(29)32/h5-22H,1-4H3. The summed E-state index contributed by atoms with van der Waals surface area (Å²) in [4.78, 5) is 2.60. The zero-order chi connectivity index (χ0) is 27.0. The summed E-state index contributed by atoms with van der Waals surface area (Å²) in [6, 6.07) is 40.7. The van der Waals surface area contributed by atoms with Gasteiger partial charge in [-0.2, -0.15) is 0 Å². The Morgan fingerprint density at radius 1 is 0.500 bits per heavy atom. The van der Waals surface area contributed by atoms with Gasteiger partial charge in [-0.1, -0.05) is 113 Å². The molecule has 192 valence electrons. The van der Waals surface area contributed by atoms with E-state index in [0.29, 0.717) is 0 Å². The Morgan fingerprint density at radius 2 is 1.12 bits per heavy atom. The van der Waals surface area contributed by atoms with E-state index in [1.807, 2.05) is 0 Å². The molecule has 0 spiro atoms. The van der Waals surface area contributed by atoms with Gasteiger partial charge < -0.3 is 9.30 Å². The van der Waals surface area contributed by atoms with Gasteiger partial charge in [0.2, 0.25) is 0 Å². The van der Waals surface area contributed by atoms with Gasteiger partial charge in [-0.3, -0.25) is 0 Å². The fourth-order valence-electron chi connectivity index (χ4n) is 8.12. The molecule has 0 fully saturated rings. The molecule has 2 aliphatic rings. The van der Waals surface area contributed by atoms with E-state index in [9.17, 15) is 0 Å². The zero-order valence-electron chi connectivity index (χ0n) is 23.3. The lowest BCUT2D eigenvalue weighted by molar-refractivity contribution is 0.639. The molecule has 0 saturated heterocycles. The van der Waals surface area contributed by atoms with Crippen LogP contribution in [0.2, 0.25) is 0 Å². The molecule has 0 atom stereocenters. The minimum atomic E-state index is -0.161. The van der Waals surface area contributed by atoms with E-state index in [-0.39, 0.29) is 10.8 Å². The second-order valence-electron chi connectivity index (χ2n) is 12.6. The maximum Gasteiger partial charge on any atom is 0.0786 e. The van der Waals surface area contributed by atoms with E-state index < -0.39 is 0 Å². The predicted octanol–water partition coefficient (Wildman–Crippen LogP) is 10.1. The molecule has 0 bridgehead atoms. The minimum Gasteiger partial charge on any atom is -0.307 e. The largest absolute Gasteiger partial charge is 0.307 e. The minimum absolute atomic E-state index is 0.0542. The molecule has 0 radical (unpaired) electrons. The van der Waals surface area contributed by atoms with Gasteiger partial charge in [-0.15, -0.1) is 0 Å². The summed E-state index contributed by atoms with van der Waals surface area (Å²) in [7, 11) is 0. The van der Waals surface area contributed by atoms with E-state index in [1.54, 1.807) is 0 Å². The van der Waals surface area contributed by atoms with Crippen molar-refractivity contribution in [3.63, 3.8) is 0 Å². The molecule has 0 saturated carbocycles. The van der Waals surface area contributed by atoms with E-state index in [0.717, 1.165) is 0 Å². The maximum absolute atomic E-state index is 2.60. The van der Waals surface area contributed by atoms with Gasteiger partial charge in [0.05, 0.1) is 33.6 Å². The topological polar surface area (TPSA) is 7.65 Å². The summed E-state index contributed by atoms with van der Waals surface area (Å²) in [5, 5.41) is 2.63. The third-order valence-corrected chi connectivity index (χ3v) is 9.88. The second-order valence-corrected chi connectivity index (χ2v) is 12.6. The predicted molar refractivity (Wildman–Crippen MR) is 168 cm³/mol. The molecule has 0 amide bonds. The summed E-state index contributed by atoms with van der Waals surface area (Å²) in [5.74, 6) is 0. The SMILES string of the molecule is CC1(C)c2ccccc2-c2c(N3c4ccccc4C(C)(C)c4c3c3c5ccccc5c5cccc4n53)cccc21. The average molecular weight is 515 g/mol. The number of pyridine rings is 1. The maximum atomic E-state index is 2.60. The average Bonchev–Trinajstić information content (AvgIpc) is 3.58. The van der Waals surface area contributed by atoms with Gasteiger partial charge in [-0.25, -0.2) is 0 Å². The van der Waals surface area contributed by atoms with Crippen LogP contribution in [0.4, 0.5) is 17.1 Å². The molecule has 4 aromatic carbocycles. The third kappa shape index (κ3) is 2.43. The molecule has 1 aliphatic heterocycles. The number of para-hydroxylation sites is 1. The highest BCUT2D eigenvalue weighted by Gasteiger charge is 2.44. The number of benzene rings is 4. The number of aromatic nitrogens is 1. The summed E-state index contributed by atoms with van der Waals surface area (Å²) in [6.07, 6.45) is 0. The van der Waals surface area contributed by atoms with Crippen molar-refractivity contribution in [3.8, 4) is 11.1 Å². The lowest BCUT2D eigenvalue weighted by atomic mass is 9.73. The van der Waals surface area contributed by atoms with Crippen LogP contribution in [0.15, 0.2) is 109 Å². The first-order valence-electron chi connectivity index (χ1n) is 14.3. The van der Waals surface area contributed by atoms with Crippen molar-refractivity contribution in [2.24, 2.45) is 0 Å². The van der Waals surface area contributed by atoms with Crippen LogP contribution in [0.5, 0.6) is 0 Å².